The summed E-state index contributed by atoms with van der Waals surface area (Å²) in [4.78, 5) is 17.7. The van der Waals surface area contributed by atoms with Crippen molar-refractivity contribution in [2.45, 2.75) is 32.0 Å². The van der Waals surface area contributed by atoms with Gasteiger partial charge in [0.2, 0.25) is 11.8 Å². The minimum absolute atomic E-state index is 0.131. The molecule has 2 heterocycles. The number of hydrogen-bond acceptors (Lipinski definition) is 4. The van der Waals surface area contributed by atoms with E-state index in [-0.39, 0.29) is 24.8 Å². The van der Waals surface area contributed by atoms with Crippen LogP contribution in [-0.4, -0.2) is 27.5 Å². The first-order valence-electron chi connectivity index (χ1n) is 7.07. The molecule has 1 aromatic carbocycles. The molecule has 8 heteroatoms. The highest BCUT2D eigenvalue weighted by atomic mass is 19.4. The molecule has 0 radical (unpaired) electrons. The van der Waals surface area contributed by atoms with Crippen LogP contribution in [-0.2, 0) is 17.5 Å². The van der Waals surface area contributed by atoms with Gasteiger partial charge in [0.15, 0.2) is 5.82 Å². The summed E-state index contributed by atoms with van der Waals surface area (Å²) in [6.07, 6.45) is -4.17. The van der Waals surface area contributed by atoms with Crippen molar-refractivity contribution in [1.29, 1.82) is 0 Å². The van der Waals surface area contributed by atoms with Crippen LogP contribution in [0.3, 0.4) is 0 Å². The summed E-state index contributed by atoms with van der Waals surface area (Å²) in [6.45, 7) is 2.17. The molecular weight excluding hydrogens is 311 g/mol. The largest absolute Gasteiger partial charge is 0.416 e. The van der Waals surface area contributed by atoms with Crippen LogP contribution in [0.1, 0.15) is 35.2 Å². The molecule has 1 amide bonds. The third-order valence-electron chi connectivity index (χ3n) is 3.73. The molecule has 1 unspecified atom stereocenters. The Hall–Kier alpha value is -2.38. The second kappa shape index (κ2) is 5.68. The van der Waals surface area contributed by atoms with Crippen molar-refractivity contribution in [2.24, 2.45) is 0 Å². The van der Waals surface area contributed by atoms with Crippen molar-refractivity contribution in [2.75, 3.05) is 6.54 Å². The third-order valence-corrected chi connectivity index (χ3v) is 3.73. The molecule has 0 saturated carbocycles. The molecule has 0 aliphatic carbocycles. The quantitative estimate of drug-likeness (QED) is 0.870. The number of hydrogen-bond donors (Lipinski definition) is 0. The zero-order valence-corrected chi connectivity index (χ0v) is 12.3. The van der Waals surface area contributed by atoms with Crippen molar-refractivity contribution >= 4 is 5.91 Å². The molecule has 122 valence electrons. The van der Waals surface area contributed by atoms with Crippen LogP contribution in [0, 0.1) is 6.92 Å². The van der Waals surface area contributed by atoms with Crippen molar-refractivity contribution in [3.05, 3.63) is 47.1 Å². The summed E-state index contributed by atoms with van der Waals surface area (Å²) in [6, 6.07) is 5.00. The van der Waals surface area contributed by atoms with E-state index >= 15 is 0 Å². The highest BCUT2D eigenvalue weighted by Gasteiger charge is 2.35. The molecule has 1 atom stereocenters. The summed E-state index contributed by atoms with van der Waals surface area (Å²) in [5.41, 5.74) is -0.277. The Morgan fingerprint density at radius 3 is 2.83 bits per heavy atom. The minimum Gasteiger partial charge on any atom is -0.339 e. The molecule has 1 aliphatic heterocycles. The van der Waals surface area contributed by atoms with Gasteiger partial charge in [-0.3, -0.25) is 4.79 Å². The third kappa shape index (κ3) is 3.35. The Morgan fingerprint density at radius 2 is 2.17 bits per heavy atom. The Balaban J connectivity index is 1.72. The number of amides is 1. The first-order valence-corrected chi connectivity index (χ1v) is 7.07. The maximum atomic E-state index is 12.7. The molecule has 1 aromatic heterocycles. The molecule has 1 fully saturated rings. The average molecular weight is 325 g/mol. The Labute approximate surface area is 130 Å². The first-order chi connectivity index (χ1) is 10.8. The van der Waals surface area contributed by atoms with Gasteiger partial charge in [-0.2, -0.15) is 18.2 Å². The molecule has 1 saturated heterocycles. The number of halogens is 3. The zero-order chi connectivity index (χ0) is 16.6. The maximum Gasteiger partial charge on any atom is 0.416 e. The number of aryl methyl sites for hydroxylation is 1. The standard InChI is InChI=1S/C15H14F3N3O2/c1-9-19-14(23-20-9)11-6-13(22)21(8-11)7-10-3-2-4-12(5-10)15(16,17)18/h2-5,11H,6-8H2,1H3. The van der Waals surface area contributed by atoms with Gasteiger partial charge < -0.3 is 9.42 Å². The summed E-state index contributed by atoms with van der Waals surface area (Å²) in [5.74, 6) is 0.531. The van der Waals surface area contributed by atoms with E-state index in [1.165, 1.54) is 11.0 Å². The SMILES string of the molecule is Cc1noc(C2CC(=O)N(Cc3cccc(C(F)(F)F)c3)C2)n1. The van der Waals surface area contributed by atoms with E-state index in [1.807, 2.05) is 0 Å². The molecule has 0 spiro atoms. The lowest BCUT2D eigenvalue weighted by Crippen LogP contribution is -2.24. The van der Waals surface area contributed by atoms with E-state index in [1.54, 1.807) is 13.0 Å². The Bertz CT molecular complexity index is 727. The number of rotatable bonds is 3. The monoisotopic (exact) mass is 325 g/mol. The van der Waals surface area contributed by atoms with Gasteiger partial charge >= 0.3 is 6.18 Å². The highest BCUT2D eigenvalue weighted by molar-refractivity contribution is 5.79. The topological polar surface area (TPSA) is 59.2 Å². The number of alkyl halides is 3. The molecule has 23 heavy (non-hydrogen) atoms. The number of nitrogens with zero attached hydrogens (tertiary/aromatic N) is 3. The minimum atomic E-state index is -4.39. The normalized spacial score (nSPS) is 18.7. The fourth-order valence-corrected chi connectivity index (χ4v) is 2.64. The van der Waals surface area contributed by atoms with Crippen molar-refractivity contribution in [3.8, 4) is 0 Å². The van der Waals surface area contributed by atoms with E-state index in [9.17, 15) is 18.0 Å². The first kappa shape index (κ1) is 15.5. The van der Waals surface area contributed by atoms with Crippen LogP contribution in [0.2, 0.25) is 0 Å². The average Bonchev–Trinajstić information content (AvgIpc) is 3.05. The van der Waals surface area contributed by atoms with Crippen LogP contribution in [0.25, 0.3) is 0 Å². The van der Waals surface area contributed by atoms with E-state index in [0.717, 1.165) is 12.1 Å². The Kier molecular flexibility index (Phi) is 3.83. The predicted octanol–water partition coefficient (Wildman–Crippen LogP) is 2.91. The van der Waals surface area contributed by atoms with Crippen molar-refractivity contribution < 1.29 is 22.5 Å². The van der Waals surface area contributed by atoms with Crippen LogP contribution in [0.15, 0.2) is 28.8 Å². The molecule has 5 nitrogen and oxygen atoms in total. The lowest BCUT2D eigenvalue weighted by atomic mass is 10.1. The number of aromatic nitrogens is 2. The lowest BCUT2D eigenvalue weighted by molar-refractivity contribution is -0.137. The molecule has 2 aromatic rings. The number of benzene rings is 1. The maximum absolute atomic E-state index is 12.7. The van der Waals surface area contributed by atoms with Crippen LogP contribution in [0.4, 0.5) is 13.2 Å². The van der Waals surface area contributed by atoms with Gasteiger partial charge in [-0.05, 0) is 24.6 Å². The van der Waals surface area contributed by atoms with Gasteiger partial charge in [0.05, 0.1) is 11.5 Å². The number of likely N-dealkylation sites (tertiary alicyclic amines) is 1. The zero-order valence-electron chi connectivity index (χ0n) is 12.3. The van der Waals surface area contributed by atoms with Gasteiger partial charge in [0.25, 0.3) is 0 Å². The van der Waals surface area contributed by atoms with Crippen LogP contribution in [0.5, 0.6) is 0 Å². The lowest BCUT2D eigenvalue weighted by Gasteiger charge is -2.17. The van der Waals surface area contributed by atoms with Gasteiger partial charge in [0, 0.05) is 19.5 Å². The molecular formula is C15H14F3N3O2. The second-order valence-corrected chi connectivity index (χ2v) is 5.55. The fourth-order valence-electron chi connectivity index (χ4n) is 2.64. The summed E-state index contributed by atoms with van der Waals surface area (Å²) in [7, 11) is 0. The van der Waals surface area contributed by atoms with Crippen LogP contribution < -0.4 is 0 Å². The number of carbonyl (C=O) groups is 1. The second-order valence-electron chi connectivity index (χ2n) is 5.55. The Morgan fingerprint density at radius 1 is 1.39 bits per heavy atom. The van der Waals surface area contributed by atoms with Gasteiger partial charge in [-0.25, -0.2) is 0 Å². The van der Waals surface area contributed by atoms with Gasteiger partial charge in [-0.15, -0.1) is 0 Å². The van der Waals surface area contributed by atoms with E-state index in [4.69, 9.17) is 4.52 Å². The summed E-state index contributed by atoms with van der Waals surface area (Å²) < 4.78 is 43.3. The fraction of sp³-hybridized carbons (Fsp3) is 0.400. The van der Waals surface area contributed by atoms with Gasteiger partial charge in [0.1, 0.15) is 0 Å². The molecule has 0 N–H and O–H groups in total. The van der Waals surface area contributed by atoms with Gasteiger partial charge in [-0.1, -0.05) is 17.3 Å². The summed E-state index contributed by atoms with van der Waals surface area (Å²) >= 11 is 0. The summed E-state index contributed by atoms with van der Waals surface area (Å²) in [5, 5.41) is 3.69. The molecule has 1 aliphatic rings. The molecule has 3 rings (SSSR count). The highest BCUT2D eigenvalue weighted by Crippen LogP contribution is 2.31. The number of carbonyl (C=O) groups excluding carboxylic acids is 1. The van der Waals surface area contributed by atoms with E-state index < -0.39 is 11.7 Å². The van der Waals surface area contributed by atoms with Crippen LogP contribution >= 0.6 is 0 Å². The van der Waals surface area contributed by atoms with Crippen molar-refractivity contribution in [1.82, 2.24) is 15.0 Å². The van der Waals surface area contributed by atoms with E-state index in [2.05, 4.69) is 10.1 Å². The smallest absolute Gasteiger partial charge is 0.339 e. The predicted molar refractivity (Wildman–Crippen MR) is 73.3 cm³/mol. The van der Waals surface area contributed by atoms with Crippen molar-refractivity contribution in [3.63, 3.8) is 0 Å². The van der Waals surface area contributed by atoms with E-state index in [0.29, 0.717) is 23.8 Å². The molecule has 0 bridgehead atoms.